The third-order valence-corrected chi connectivity index (χ3v) is 5.69. The molecule has 0 radical (unpaired) electrons. The number of imidazole rings is 1. The Morgan fingerprint density at radius 1 is 1.23 bits per heavy atom. The number of H-pyrrole nitrogens is 1. The Kier molecular flexibility index (Phi) is 3.73. The quantitative estimate of drug-likeness (QED) is 0.471. The van der Waals surface area contributed by atoms with Crippen molar-refractivity contribution >= 4 is 22.4 Å². The molecule has 0 fully saturated rings. The van der Waals surface area contributed by atoms with Crippen molar-refractivity contribution < 1.29 is 18.0 Å². The number of aromatic amines is 1. The fourth-order valence-corrected chi connectivity index (χ4v) is 4.24. The highest BCUT2D eigenvalue weighted by atomic mass is 19.1. The summed E-state index contributed by atoms with van der Waals surface area (Å²) in [6.45, 7) is 0.400. The van der Waals surface area contributed by atoms with Gasteiger partial charge in [0.2, 0.25) is 0 Å². The molecule has 0 aliphatic carbocycles. The molecule has 0 spiro atoms. The van der Waals surface area contributed by atoms with Crippen LogP contribution in [0.5, 0.6) is 0 Å². The molecule has 1 N–H and O–H groups in total. The Morgan fingerprint density at radius 3 is 3.00 bits per heavy atom. The Labute approximate surface area is 173 Å². The molecule has 154 valence electrons. The number of carbonyl (C=O) groups excluding carboxylic acids is 1. The van der Waals surface area contributed by atoms with E-state index >= 15 is 0 Å². The molecular weight excluding hydrogens is 404 g/mol. The number of pyridine rings is 1. The van der Waals surface area contributed by atoms with Gasteiger partial charge in [0.1, 0.15) is 29.0 Å². The van der Waals surface area contributed by atoms with E-state index in [1.165, 1.54) is 35.1 Å². The van der Waals surface area contributed by atoms with Crippen molar-refractivity contribution in [2.24, 2.45) is 0 Å². The third-order valence-electron chi connectivity index (χ3n) is 5.69. The van der Waals surface area contributed by atoms with E-state index in [4.69, 9.17) is 4.42 Å². The topological polar surface area (TPSA) is 79.4 Å². The molecule has 1 amide bonds. The van der Waals surface area contributed by atoms with Gasteiger partial charge in [-0.2, -0.15) is 5.10 Å². The molecule has 0 saturated heterocycles. The maximum atomic E-state index is 14.3. The lowest BCUT2D eigenvalue weighted by molar-refractivity contribution is 0.0674. The molecule has 0 saturated carbocycles. The van der Waals surface area contributed by atoms with Crippen LogP contribution in [0.4, 0.5) is 8.78 Å². The number of nitrogens with zero attached hydrogens (tertiary/aromatic N) is 4. The summed E-state index contributed by atoms with van der Waals surface area (Å²) in [5, 5.41) is 4.45. The van der Waals surface area contributed by atoms with Crippen molar-refractivity contribution in [3.63, 3.8) is 0 Å². The summed E-state index contributed by atoms with van der Waals surface area (Å²) in [5.74, 6) is -0.714. The lowest BCUT2D eigenvalue weighted by Gasteiger charge is -2.33. The summed E-state index contributed by atoms with van der Waals surface area (Å²) < 4.78 is 35.1. The molecule has 7 nitrogen and oxygen atoms in total. The normalized spacial score (nSPS) is 16.2. The van der Waals surface area contributed by atoms with Gasteiger partial charge in [0, 0.05) is 18.7 Å². The van der Waals surface area contributed by atoms with E-state index in [1.54, 1.807) is 29.4 Å². The molecule has 5 heterocycles. The summed E-state index contributed by atoms with van der Waals surface area (Å²) in [7, 11) is 0. The lowest BCUT2D eigenvalue weighted by Crippen LogP contribution is -2.40. The number of hydrogen-bond donors (Lipinski definition) is 1. The van der Waals surface area contributed by atoms with Gasteiger partial charge in [-0.25, -0.2) is 18.3 Å². The van der Waals surface area contributed by atoms with Crippen LogP contribution in [0.2, 0.25) is 0 Å². The van der Waals surface area contributed by atoms with E-state index in [-0.39, 0.29) is 5.91 Å². The van der Waals surface area contributed by atoms with Crippen molar-refractivity contribution in [3.8, 4) is 0 Å². The van der Waals surface area contributed by atoms with E-state index in [0.29, 0.717) is 46.5 Å². The zero-order chi connectivity index (χ0) is 21.1. The van der Waals surface area contributed by atoms with E-state index in [9.17, 15) is 13.6 Å². The van der Waals surface area contributed by atoms with Gasteiger partial charge >= 0.3 is 0 Å². The molecule has 6 rings (SSSR count). The molecule has 5 aromatic rings. The van der Waals surface area contributed by atoms with Crippen LogP contribution in [-0.2, 0) is 6.42 Å². The summed E-state index contributed by atoms with van der Waals surface area (Å²) in [4.78, 5) is 22.8. The molecule has 4 aromatic heterocycles. The molecule has 1 aromatic carbocycles. The smallest absolute Gasteiger partial charge is 0.258 e. The van der Waals surface area contributed by atoms with Crippen LogP contribution in [0.25, 0.3) is 16.5 Å². The van der Waals surface area contributed by atoms with Gasteiger partial charge in [0.15, 0.2) is 0 Å². The first kappa shape index (κ1) is 17.8. The van der Waals surface area contributed by atoms with E-state index in [0.717, 1.165) is 5.69 Å². The van der Waals surface area contributed by atoms with Crippen LogP contribution < -0.4 is 0 Å². The average molecular weight is 419 g/mol. The van der Waals surface area contributed by atoms with Crippen LogP contribution in [0.15, 0.2) is 59.5 Å². The average Bonchev–Trinajstić information content (AvgIpc) is 3.50. The fourth-order valence-electron chi connectivity index (χ4n) is 4.24. The van der Waals surface area contributed by atoms with Crippen molar-refractivity contribution in [2.75, 3.05) is 6.54 Å². The SMILES string of the molecule is O=C(c1cnn2cc(F)ccc12)N1CCc2[nH]cnc2[C@@H]1c1cc2c(F)cccc2o1. The molecule has 9 heteroatoms. The van der Waals surface area contributed by atoms with Gasteiger partial charge in [-0.15, -0.1) is 0 Å². The molecule has 1 atom stereocenters. The lowest BCUT2D eigenvalue weighted by atomic mass is 9.99. The van der Waals surface area contributed by atoms with Gasteiger partial charge < -0.3 is 14.3 Å². The Balaban J connectivity index is 1.49. The number of hydrogen-bond acceptors (Lipinski definition) is 4. The highest BCUT2D eigenvalue weighted by Gasteiger charge is 2.37. The Hall–Kier alpha value is -4.01. The van der Waals surface area contributed by atoms with Crippen LogP contribution in [0.3, 0.4) is 0 Å². The molecular formula is C22H15F2N5O2. The monoisotopic (exact) mass is 419 g/mol. The van der Waals surface area contributed by atoms with Crippen LogP contribution >= 0.6 is 0 Å². The number of rotatable bonds is 2. The summed E-state index contributed by atoms with van der Waals surface area (Å²) in [6.07, 6.45) is 4.80. The number of benzene rings is 1. The number of nitrogens with one attached hydrogen (secondary N) is 1. The van der Waals surface area contributed by atoms with Crippen molar-refractivity contribution in [1.29, 1.82) is 0 Å². The van der Waals surface area contributed by atoms with Gasteiger partial charge in [0.05, 0.1) is 40.9 Å². The number of carbonyl (C=O) groups is 1. The zero-order valence-electron chi connectivity index (χ0n) is 16.0. The predicted octanol–water partition coefficient (Wildman–Crippen LogP) is 3.87. The van der Waals surface area contributed by atoms with Gasteiger partial charge in [-0.3, -0.25) is 4.79 Å². The fraction of sp³-hybridized carbons (Fsp3) is 0.136. The van der Waals surface area contributed by atoms with Crippen LogP contribution in [0.1, 0.15) is 33.5 Å². The van der Waals surface area contributed by atoms with Gasteiger partial charge in [0.25, 0.3) is 5.91 Å². The minimum Gasteiger partial charge on any atom is -0.458 e. The maximum absolute atomic E-state index is 14.3. The first-order valence-corrected chi connectivity index (χ1v) is 9.74. The number of furan rings is 1. The van der Waals surface area contributed by atoms with Crippen molar-refractivity contribution in [1.82, 2.24) is 24.5 Å². The van der Waals surface area contributed by atoms with Crippen molar-refractivity contribution in [2.45, 2.75) is 12.5 Å². The van der Waals surface area contributed by atoms with E-state index < -0.39 is 17.7 Å². The molecule has 0 bridgehead atoms. The van der Waals surface area contributed by atoms with Crippen molar-refractivity contribution in [3.05, 3.63) is 89.5 Å². The van der Waals surface area contributed by atoms with Crippen LogP contribution in [0, 0.1) is 11.6 Å². The minimum absolute atomic E-state index is 0.291. The van der Waals surface area contributed by atoms with Crippen LogP contribution in [-0.4, -0.2) is 36.9 Å². The maximum Gasteiger partial charge on any atom is 0.258 e. The highest BCUT2D eigenvalue weighted by molar-refractivity contribution is 6.01. The zero-order valence-corrected chi connectivity index (χ0v) is 16.0. The highest BCUT2D eigenvalue weighted by Crippen LogP contribution is 2.37. The van der Waals surface area contributed by atoms with E-state index in [1.807, 2.05) is 0 Å². The molecule has 31 heavy (non-hydrogen) atoms. The number of aromatic nitrogens is 4. The summed E-state index contributed by atoms with van der Waals surface area (Å²) >= 11 is 0. The predicted molar refractivity (Wildman–Crippen MR) is 106 cm³/mol. The number of amides is 1. The largest absolute Gasteiger partial charge is 0.458 e. The first-order chi connectivity index (χ1) is 15.1. The molecule has 1 aliphatic heterocycles. The molecule has 0 unspecified atom stereocenters. The first-order valence-electron chi connectivity index (χ1n) is 9.74. The Bertz CT molecular complexity index is 1470. The second kappa shape index (κ2) is 6.49. The second-order valence-electron chi connectivity index (χ2n) is 7.45. The van der Waals surface area contributed by atoms with E-state index in [2.05, 4.69) is 15.1 Å². The Morgan fingerprint density at radius 2 is 2.13 bits per heavy atom. The van der Waals surface area contributed by atoms with Gasteiger partial charge in [-0.05, 0) is 30.3 Å². The minimum atomic E-state index is -0.635. The standard InChI is InChI=1S/C22H15F2N5O2/c23-12-4-5-17-14(9-27-29(17)10-12)22(30)28-7-6-16-20(26-11-25-16)21(28)19-8-13-15(24)2-1-3-18(13)31-19/h1-5,8-11,21H,6-7H2,(H,25,26)/t21-/m0/s1. The third kappa shape index (κ3) is 2.66. The second-order valence-corrected chi connectivity index (χ2v) is 7.45. The number of fused-ring (bicyclic) bond motifs is 3. The molecule has 1 aliphatic rings. The summed E-state index contributed by atoms with van der Waals surface area (Å²) in [6, 6.07) is 8.41. The number of halogens is 2. The summed E-state index contributed by atoms with van der Waals surface area (Å²) in [5.41, 5.74) is 2.79. The van der Waals surface area contributed by atoms with Gasteiger partial charge in [-0.1, -0.05) is 6.07 Å².